The number of hydrogen-bond acceptors (Lipinski definition) is 7. The number of carbonyl (C=O) groups excluding carboxylic acids is 1. The van der Waals surface area contributed by atoms with E-state index in [4.69, 9.17) is 12.2 Å². The summed E-state index contributed by atoms with van der Waals surface area (Å²) < 4.78 is 16.4. The van der Waals surface area contributed by atoms with Crippen molar-refractivity contribution in [2.75, 3.05) is 5.32 Å². The summed E-state index contributed by atoms with van der Waals surface area (Å²) in [6.45, 7) is 5.99. The molecule has 9 nitrogen and oxygen atoms in total. The largest absolute Gasteiger partial charge is 0.296 e. The molecule has 0 aliphatic carbocycles. The van der Waals surface area contributed by atoms with Gasteiger partial charge in [-0.15, -0.1) is 6.58 Å². The van der Waals surface area contributed by atoms with Crippen molar-refractivity contribution in [3.8, 4) is 16.4 Å². The molecule has 4 rings (SSSR count). The number of carbonyl (C=O) groups is 1. The molecule has 1 aromatic carbocycles. The number of halogens is 1. The minimum Gasteiger partial charge on any atom is -0.296 e. The van der Waals surface area contributed by atoms with E-state index >= 15 is 0 Å². The van der Waals surface area contributed by atoms with Gasteiger partial charge >= 0.3 is 0 Å². The van der Waals surface area contributed by atoms with Crippen LogP contribution in [0.1, 0.15) is 16.2 Å². The number of aryl methyl sites for hydroxylation is 1. The van der Waals surface area contributed by atoms with Crippen molar-refractivity contribution < 1.29 is 9.18 Å². The number of anilines is 1. The van der Waals surface area contributed by atoms with Gasteiger partial charge in [-0.05, 0) is 49.5 Å². The molecule has 0 saturated heterocycles. The molecule has 0 aliphatic heterocycles. The predicted octanol–water partition coefficient (Wildman–Crippen LogP) is 3.50. The molecule has 0 aliphatic rings. The first-order chi connectivity index (χ1) is 15.4. The van der Waals surface area contributed by atoms with E-state index in [1.54, 1.807) is 17.6 Å². The zero-order chi connectivity index (χ0) is 22.8. The Labute approximate surface area is 189 Å². The molecule has 0 saturated carbocycles. The zero-order valence-electron chi connectivity index (χ0n) is 16.7. The van der Waals surface area contributed by atoms with Gasteiger partial charge in [0.05, 0.1) is 16.3 Å². The van der Waals surface area contributed by atoms with Crippen LogP contribution < -0.4 is 10.9 Å². The molecule has 0 radical (unpaired) electrons. The van der Waals surface area contributed by atoms with Crippen LogP contribution >= 0.6 is 23.6 Å². The predicted molar refractivity (Wildman–Crippen MR) is 121 cm³/mol. The normalized spacial score (nSPS) is 10.8. The van der Waals surface area contributed by atoms with E-state index in [9.17, 15) is 14.0 Å². The van der Waals surface area contributed by atoms with Crippen molar-refractivity contribution >= 4 is 34.6 Å². The Balaban J connectivity index is 1.62. The van der Waals surface area contributed by atoms with Crippen LogP contribution in [0.15, 0.2) is 53.8 Å². The zero-order valence-corrected chi connectivity index (χ0v) is 18.3. The second-order valence-electron chi connectivity index (χ2n) is 6.58. The number of thiazole rings is 1. The molecule has 0 atom stereocenters. The highest BCUT2D eigenvalue weighted by atomic mass is 32.1. The number of allylic oxidation sites excluding steroid dienone is 1. The topological polar surface area (TPSA) is 110 Å². The first kappa shape index (κ1) is 21.5. The summed E-state index contributed by atoms with van der Waals surface area (Å²) in [4.78, 5) is 30.0. The molecule has 0 spiro atoms. The van der Waals surface area contributed by atoms with Gasteiger partial charge in [0, 0.05) is 12.6 Å². The lowest BCUT2D eigenvalue weighted by Crippen LogP contribution is -2.24. The fourth-order valence-corrected chi connectivity index (χ4v) is 4.07. The summed E-state index contributed by atoms with van der Waals surface area (Å²) in [5.41, 5.74) is 0.542. The highest BCUT2D eigenvalue weighted by Gasteiger charge is 2.18. The van der Waals surface area contributed by atoms with Gasteiger partial charge in [-0.2, -0.15) is 14.9 Å². The number of nitrogens with zero attached hydrogens (tertiary/aromatic N) is 5. The Morgan fingerprint density at radius 2 is 2.06 bits per heavy atom. The SMILES string of the molecule is C=CCn1c(-c2sc(NC(=O)c3ccc(=O)n(-c4ccc(F)cc4)n3)nc2C)n[nH]c1=S. The van der Waals surface area contributed by atoms with Gasteiger partial charge in [0.2, 0.25) is 0 Å². The number of H-pyrrole nitrogens is 1. The molecular weight excluding hydrogens is 453 g/mol. The van der Waals surface area contributed by atoms with Crippen LogP contribution in [0, 0.1) is 17.5 Å². The maximum Gasteiger partial charge on any atom is 0.277 e. The van der Waals surface area contributed by atoms with Crippen molar-refractivity contribution in [1.82, 2.24) is 29.5 Å². The van der Waals surface area contributed by atoms with Gasteiger partial charge in [-0.3, -0.25) is 24.6 Å². The van der Waals surface area contributed by atoms with E-state index in [1.165, 1.54) is 47.7 Å². The van der Waals surface area contributed by atoms with E-state index in [2.05, 4.69) is 32.2 Å². The van der Waals surface area contributed by atoms with Gasteiger partial charge < -0.3 is 0 Å². The Hall–Kier alpha value is -3.77. The maximum atomic E-state index is 13.2. The van der Waals surface area contributed by atoms with Gasteiger partial charge in [0.1, 0.15) is 11.5 Å². The minimum absolute atomic E-state index is 0.00216. The molecule has 0 fully saturated rings. The lowest BCUT2D eigenvalue weighted by atomic mass is 10.3. The number of benzene rings is 1. The molecule has 162 valence electrons. The molecule has 0 bridgehead atoms. The minimum atomic E-state index is -0.550. The monoisotopic (exact) mass is 469 g/mol. The quantitative estimate of drug-likeness (QED) is 0.330. The summed E-state index contributed by atoms with van der Waals surface area (Å²) in [5, 5.41) is 14.1. The lowest BCUT2D eigenvalue weighted by Gasteiger charge is -2.06. The van der Waals surface area contributed by atoms with E-state index in [0.29, 0.717) is 33.7 Å². The van der Waals surface area contributed by atoms with Crippen molar-refractivity contribution in [2.45, 2.75) is 13.5 Å². The first-order valence-corrected chi connectivity index (χ1v) is 10.5. The van der Waals surface area contributed by atoms with Gasteiger partial charge in [-0.25, -0.2) is 9.37 Å². The second kappa shape index (κ2) is 8.77. The molecule has 3 heterocycles. The van der Waals surface area contributed by atoms with Crippen molar-refractivity contribution in [3.63, 3.8) is 0 Å². The second-order valence-corrected chi connectivity index (χ2v) is 7.97. The standard InChI is InChI=1S/C20H16FN7O2S2/c1-3-10-27-17(24-25-20(27)31)16-11(2)22-19(32-16)23-18(30)14-8-9-15(29)28(26-14)13-6-4-12(21)5-7-13/h3-9H,1,10H2,2H3,(H,25,31)(H,22,23,30). The number of amides is 1. The number of aromatic amines is 1. The Bertz CT molecular complexity index is 1430. The average molecular weight is 470 g/mol. The fraction of sp³-hybridized carbons (Fsp3) is 0.100. The summed E-state index contributed by atoms with van der Waals surface area (Å²) >= 11 is 6.48. The van der Waals surface area contributed by atoms with E-state index in [0.717, 1.165) is 9.56 Å². The summed E-state index contributed by atoms with van der Waals surface area (Å²) in [6.07, 6.45) is 1.70. The average Bonchev–Trinajstić information content (AvgIpc) is 3.31. The van der Waals surface area contributed by atoms with E-state index in [-0.39, 0.29) is 5.69 Å². The van der Waals surface area contributed by atoms with E-state index < -0.39 is 17.3 Å². The molecular formula is C20H16FN7O2S2. The molecule has 2 N–H and O–H groups in total. The Kier molecular flexibility index (Phi) is 5.88. The van der Waals surface area contributed by atoms with E-state index in [1.807, 2.05) is 0 Å². The molecule has 32 heavy (non-hydrogen) atoms. The summed E-state index contributed by atoms with van der Waals surface area (Å²) in [5.74, 6) is -0.403. The van der Waals surface area contributed by atoms with Crippen LogP contribution in [0.2, 0.25) is 0 Å². The molecule has 0 unspecified atom stereocenters. The first-order valence-electron chi connectivity index (χ1n) is 9.29. The van der Waals surface area contributed by atoms with Crippen molar-refractivity contribution in [3.05, 3.63) is 81.4 Å². The van der Waals surface area contributed by atoms with Crippen molar-refractivity contribution in [2.24, 2.45) is 0 Å². The van der Waals surface area contributed by atoms with Crippen LogP contribution in [0.3, 0.4) is 0 Å². The Morgan fingerprint density at radius 3 is 2.78 bits per heavy atom. The van der Waals surface area contributed by atoms with Crippen molar-refractivity contribution in [1.29, 1.82) is 0 Å². The van der Waals surface area contributed by atoms with Crippen LogP contribution in [-0.4, -0.2) is 35.4 Å². The van der Waals surface area contributed by atoms with Gasteiger partial charge in [0.15, 0.2) is 15.7 Å². The van der Waals surface area contributed by atoms with Crippen LogP contribution in [0.4, 0.5) is 9.52 Å². The van der Waals surface area contributed by atoms with Gasteiger partial charge in [-0.1, -0.05) is 17.4 Å². The molecule has 3 aromatic heterocycles. The third-order valence-corrected chi connectivity index (χ3v) is 5.77. The number of rotatable bonds is 6. The number of nitrogens with one attached hydrogen (secondary N) is 2. The highest BCUT2D eigenvalue weighted by molar-refractivity contribution is 7.71. The van der Waals surface area contributed by atoms with Gasteiger partial charge in [0.25, 0.3) is 11.5 Å². The smallest absolute Gasteiger partial charge is 0.277 e. The third kappa shape index (κ3) is 4.18. The molecule has 1 amide bonds. The van der Waals surface area contributed by atoms with Crippen LogP contribution in [-0.2, 0) is 6.54 Å². The maximum absolute atomic E-state index is 13.2. The fourth-order valence-electron chi connectivity index (χ4n) is 2.91. The lowest BCUT2D eigenvalue weighted by molar-refractivity contribution is 0.102. The molecule has 12 heteroatoms. The summed E-state index contributed by atoms with van der Waals surface area (Å²) in [7, 11) is 0. The Morgan fingerprint density at radius 1 is 1.31 bits per heavy atom. The highest BCUT2D eigenvalue weighted by Crippen LogP contribution is 2.31. The number of hydrogen-bond donors (Lipinski definition) is 2. The van der Waals surface area contributed by atoms with Crippen LogP contribution in [0.25, 0.3) is 16.4 Å². The van der Waals surface area contributed by atoms with Crippen LogP contribution in [0.5, 0.6) is 0 Å². The number of aromatic nitrogens is 6. The third-order valence-electron chi connectivity index (χ3n) is 4.39. The molecule has 4 aromatic rings. The summed E-state index contributed by atoms with van der Waals surface area (Å²) in [6, 6.07) is 7.75.